The van der Waals surface area contributed by atoms with E-state index in [1.54, 1.807) is 7.11 Å². The van der Waals surface area contributed by atoms with Gasteiger partial charge in [-0.1, -0.05) is 105 Å². The standard InChI is InChI=1S/C12H26O2.C6H12O.C4H8O.5C2H6.2CH4/c1-9(2)10(3)14-12(6,7)11(4,5)13-8;1-5(2)6(3,4)7-5;1-2-4-3-5-4;5*1-2;;/h9-10H,1-8H3;1-4H3;4H,2-3H2,1H3;5*1-2H3;2*1H4. The highest BCUT2D eigenvalue weighted by atomic mass is 16.6. The second-order valence-electron chi connectivity index (χ2n) is 9.78. The molecular formula is C34H84O4. The molecule has 0 saturated carbocycles. The first-order valence-corrected chi connectivity index (χ1v) is 15.1. The number of ether oxygens (including phenoxy) is 4. The first kappa shape index (κ1) is 57.7. The van der Waals surface area contributed by atoms with Crippen LogP contribution in [0.4, 0.5) is 0 Å². The largest absolute Gasteiger partial charge is 0.376 e. The Kier molecular flexibility index (Phi) is 47.6. The Hall–Kier alpha value is -0.160. The number of epoxide rings is 2. The number of hydrogen-bond acceptors (Lipinski definition) is 4. The maximum absolute atomic E-state index is 6.03. The molecule has 0 N–H and O–H groups in total. The molecule has 0 aromatic carbocycles. The Morgan fingerprint density at radius 2 is 0.974 bits per heavy atom. The molecule has 2 unspecified atom stereocenters. The van der Waals surface area contributed by atoms with Gasteiger partial charge in [0.2, 0.25) is 0 Å². The normalized spacial score (nSPS) is 17.2. The van der Waals surface area contributed by atoms with Crippen molar-refractivity contribution in [3.8, 4) is 0 Å². The molecule has 2 saturated heterocycles. The van der Waals surface area contributed by atoms with Gasteiger partial charge in [0.25, 0.3) is 0 Å². The van der Waals surface area contributed by atoms with Crippen molar-refractivity contribution in [2.24, 2.45) is 5.92 Å². The first-order chi connectivity index (χ1) is 16.5. The summed E-state index contributed by atoms with van der Waals surface area (Å²) in [6.07, 6.45) is 2.08. The highest BCUT2D eigenvalue weighted by Crippen LogP contribution is 2.46. The van der Waals surface area contributed by atoms with E-state index in [0.717, 1.165) is 6.61 Å². The zero-order chi connectivity index (χ0) is 31.0. The molecule has 0 aromatic heterocycles. The van der Waals surface area contributed by atoms with Gasteiger partial charge in [0.15, 0.2) is 0 Å². The molecule has 0 radical (unpaired) electrons. The minimum absolute atomic E-state index is 0. The van der Waals surface area contributed by atoms with Gasteiger partial charge in [-0.2, -0.15) is 0 Å². The predicted octanol–water partition coefficient (Wildman–Crippen LogP) is 12.0. The molecule has 38 heavy (non-hydrogen) atoms. The summed E-state index contributed by atoms with van der Waals surface area (Å²) < 4.78 is 21.6. The molecule has 4 heteroatoms. The van der Waals surface area contributed by atoms with Crippen LogP contribution in [0, 0.1) is 5.92 Å². The summed E-state index contributed by atoms with van der Waals surface area (Å²) in [5.74, 6) is 0.530. The number of rotatable bonds is 6. The van der Waals surface area contributed by atoms with Crippen molar-refractivity contribution < 1.29 is 18.9 Å². The Bertz CT molecular complexity index is 397. The van der Waals surface area contributed by atoms with E-state index in [-0.39, 0.29) is 43.4 Å². The van der Waals surface area contributed by atoms with Gasteiger partial charge < -0.3 is 18.9 Å². The lowest BCUT2D eigenvalue weighted by atomic mass is 9.88. The van der Waals surface area contributed by atoms with Gasteiger partial charge in [-0.05, 0) is 74.7 Å². The Labute approximate surface area is 246 Å². The van der Waals surface area contributed by atoms with Gasteiger partial charge >= 0.3 is 0 Å². The molecule has 2 fully saturated rings. The maximum atomic E-state index is 6.03. The summed E-state index contributed by atoms with van der Waals surface area (Å²) in [6, 6.07) is 0. The summed E-state index contributed by atoms with van der Waals surface area (Å²) in [6.45, 7) is 46.3. The zero-order valence-corrected chi connectivity index (χ0v) is 29.8. The van der Waals surface area contributed by atoms with Gasteiger partial charge in [-0.15, -0.1) is 0 Å². The Balaban J connectivity index is -0.0000000529. The van der Waals surface area contributed by atoms with Gasteiger partial charge in [0.1, 0.15) is 0 Å². The second-order valence-corrected chi connectivity index (χ2v) is 9.78. The van der Waals surface area contributed by atoms with Crippen molar-refractivity contribution in [2.75, 3.05) is 13.7 Å². The molecule has 2 aliphatic rings. The van der Waals surface area contributed by atoms with Gasteiger partial charge in [-0.3, -0.25) is 0 Å². The van der Waals surface area contributed by atoms with Crippen LogP contribution in [0.1, 0.15) is 174 Å². The molecule has 4 nitrogen and oxygen atoms in total. The monoisotopic (exact) mass is 557 g/mol. The van der Waals surface area contributed by atoms with E-state index in [2.05, 4.69) is 83.1 Å². The quantitative estimate of drug-likeness (QED) is 0.305. The van der Waals surface area contributed by atoms with E-state index < -0.39 is 0 Å². The van der Waals surface area contributed by atoms with Gasteiger partial charge in [0, 0.05) is 7.11 Å². The fourth-order valence-corrected chi connectivity index (χ4v) is 1.90. The summed E-state index contributed by atoms with van der Waals surface area (Å²) in [4.78, 5) is 0. The van der Waals surface area contributed by atoms with Crippen LogP contribution in [0.2, 0.25) is 0 Å². The molecule has 0 amide bonds. The predicted molar refractivity (Wildman–Crippen MR) is 180 cm³/mol. The number of methoxy groups -OCH3 is 1. The lowest BCUT2D eigenvalue weighted by Crippen LogP contribution is -2.50. The molecule has 0 aromatic rings. The SMILES string of the molecule is C.C.CC.CC.CC.CC.CC.CC1(C)OC1(C)C.CCC1CO1.COC(C)(C)C(C)(C)OC(C)C(C)C. The average molecular weight is 557 g/mol. The van der Waals surface area contributed by atoms with Crippen molar-refractivity contribution in [3.63, 3.8) is 0 Å². The molecule has 2 aliphatic heterocycles. The highest BCUT2D eigenvalue weighted by Gasteiger charge is 2.55. The van der Waals surface area contributed by atoms with Gasteiger partial charge in [0.05, 0.1) is 41.2 Å². The first-order valence-electron chi connectivity index (χ1n) is 15.1. The van der Waals surface area contributed by atoms with Crippen LogP contribution in [0.15, 0.2) is 0 Å². The third-order valence-corrected chi connectivity index (χ3v) is 6.16. The zero-order valence-electron chi connectivity index (χ0n) is 29.8. The molecule has 0 spiro atoms. The van der Waals surface area contributed by atoms with Crippen molar-refractivity contribution >= 4 is 0 Å². The third kappa shape index (κ3) is 28.8. The highest BCUT2D eigenvalue weighted by molar-refractivity contribution is 5.03. The topological polar surface area (TPSA) is 43.5 Å². The van der Waals surface area contributed by atoms with Gasteiger partial charge in [-0.25, -0.2) is 0 Å². The fourth-order valence-electron chi connectivity index (χ4n) is 1.90. The van der Waals surface area contributed by atoms with Crippen LogP contribution >= 0.6 is 0 Å². The summed E-state index contributed by atoms with van der Waals surface area (Å²) >= 11 is 0. The van der Waals surface area contributed by atoms with E-state index in [4.69, 9.17) is 18.9 Å². The number of hydrogen-bond donors (Lipinski definition) is 0. The fraction of sp³-hybridized carbons (Fsp3) is 1.00. The molecule has 244 valence electrons. The molecule has 2 rings (SSSR count). The van der Waals surface area contributed by atoms with Crippen LogP contribution in [-0.4, -0.2) is 48.3 Å². The van der Waals surface area contributed by atoms with Crippen molar-refractivity contribution in [1.29, 1.82) is 0 Å². The van der Waals surface area contributed by atoms with Crippen LogP contribution in [0.5, 0.6) is 0 Å². The second kappa shape index (κ2) is 31.4. The Morgan fingerprint density at radius 1 is 0.711 bits per heavy atom. The van der Waals surface area contributed by atoms with Crippen molar-refractivity contribution in [3.05, 3.63) is 0 Å². The van der Waals surface area contributed by atoms with Crippen LogP contribution in [0.3, 0.4) is 0 Å². The molecule has 2 heterocycles. The Morgan fingerprint density at radius 3 is 1.08 bits per heavy atom. The molecule has 2 atom stereocenters. The van der Waals surface area contributed by atoms with E-state index in [1.165, 1.54) is 6.42 Å². The van der Waals surface area contributed by atoms with Crippen LogP contribution < -0.4 is 0 Å². The lowest BCUT2D eigenvalue weighted by Gasteiger charge is -2.42. The average Bonchev–Trinajstić information content (AvgIpc) is 3.77. The minimum atomic E-state index is -0.272. The van der Waals surface area contributed by atoms with Crippen molar-refractivity contribution in [2.45, 2.75) is 208 Å². The van der Waals surface area contributed by atoms with Crippen molar-refractivity contribution in [1.82, 2.24) is 0 Å². The molecule has 0 aliphatic carbocycles. The minimum Gasteiger partial charge on any atom is -0.376 e. The lowest BCUT2D eigenvalue weighted by molar-refractivity contribution is -0.190. The van der Waals surface area contributed by atoms with Crippen LogP contribution in [0.25, 0.3) is 0 Å². The third-order valence-electron chi connectivity index (χ3n) is 6.16. The van der Waals surface area contributed by atoms with E-state index in [0.29, 0.717) is 12.0 Å². The van der Waals surface area contributed by atoms with Crippen LogP contribution in [-0.2, 0) is 18.9 Å². The smallest absolute Gasteiger partial charge is 0.0918 e. The summed E-state index contributed by atoms with van der Waals surface area (Å²) in [7, 11) is 1.73. The van der Waals surface area contributed by atoms with E-state index in [9.17, 15) is 0 Å². The van der Waals surface area contributed by atoms with E-state index in [1.807, 2.05) is 69.2 Å². The summed E-state index contributed by atoms with van der Waals surface area (Å²) in [5.41, 5.74) is -0.248. The maximum Gasteiger partial charge on any atom is 0.0918 e. The summed E-state index contributed by atoms with van der Waals surface area (Å²) in [5, 5.41) is 0. The molecule has 0 bridgehead atoms. The molecular weight excluding hydrogens is 472 g/mol. The van der Waals surface area contributed by atoms with E-state index >= 15 is 0 Å².